The number of halogens is 12. The van der Waals surface area contributed by atoms with E-state index in [2.05, 4.69) is 12.2 Å². The van der Waals surface area contributed by atoms with Crippen molar-refractivity contribution in [1.82, 2.24) is 0 Å². The SMILES string of the molecule is C1=CCCC1.F[B-](F)(F)F.F[B-](F)(F)F.F[B-](F)(F)F. The largest absolute Gasteiger partial charge is 0.673 e. The van der Waals surface area contributed by atoms with Crippen LogP contribution in [-0.4, -0.2) is 21.8 Å². The fraction of sp³-hybridized carbons (Fsp3) is 0.600. The first-order valence-corrected chi connectivity index (χ1v) is 4.77. The minimum atomic E-state index is -6.00. The molecule has 0 atom stereocenters. The Kier molecular flexibility index (Phi) is 13.1. The van der Waals surface area contributed by atoms with E-state index in [9.17, 15) is 51.8 Å². The quantitative estimate of drug-likeness (QED) is 0.307. The van der Waals surface area contributed by atoms with Crippen LogP contribution in [0.2, 0.25) is 0 Å². The van der Waals surface area contributed by atoms with E-state index in [0.717, 1.165) is 0 Å². The first-order chi connectivity index (χ1) is 8.50. The van der Waals surface area contributed by atoms with Crippen LogP contribution in [0, 0.1) is 0 Å². The molecule has 0 nitrogen and oxygen atoms in total. The van der Waals surface area contributed by atoms with E-state index in [1.54, 1.807) is 0 Å². The standard InChI is InChI=1S/C5H8.3BF4/c1-2-4-5-3-1;3*2-1(3,4)5/h1-2H,3-5H2;;;/q;3*-1. The van der Waals surface area contributed by atoms with Crippen molar-refractivity contribution in [2.24, 2.45) is 0 Å². The van der Waals surface area contributed by atoms with Crippen molar-refractivity contribution in [1.29, 1.82) is 0 Å². The summed E-state index contributed by atoms with van der Waals surface area (Å²) in [4.78, 5) is 0. The molecule has 0 spiro atoms. The maximum Gasteiger partial charge on any atom is 0.673 e. The molecule has 0 bridgehead atoms. The fourth-order valence-electron chi connectivity index (χ4n) is 0.589. The highest BCUT2D eigenvalue weighted by Crippen LogP contribution is 2.07. The van der Waals surface area contributed by atoms with Gasteiger partial charge in [-0.25, -0.2) is 0 Å². The zero-order chi connectivity index (χ0) is 17.0. The molecule has 20 heavy (non-hydrogen) atoms. The predicted molar refractivity (Wildman–Crippen MR) is 53.5 cm³/mol. The Morgan fingerprint density at radius 3 is 0.650 bits per heavy atom. The van der Waals surface area contributed by atoms with Gasteiger partial charge in [0, 0.05) is 0 Å². The minimum Gasteiger partial charge on any atom is -0.418 e. The molecule has 0 aromatic rings. The van der Waals surface area contributed by atoms with Crippen molar-refractivity contribution >= 4 is 21.8 Å². The van der Waals surface area contributed by atoms with E-state index in [4.69, 9.17) is 0 Å². The Labute approximate surface area is 106 Å². The van der Waals surface area contributed by atoms with Gasteiger partial charge in [-0.1, -0.05) is 12.2 Å². The van der Waals surface area contributed by atoms with Gasteiger partial charge < -0.3 is 51.8 Å². The molecule has 0 unspecified atom stereocenters. The van der Waals surface area contributed by atoms with Crippen LogP contribution in [0.4, 0.5) is 51.8 Å². The number of hydrogen-bond donors (Lipinski definition) is 0. The smallest absolute Gasteiger partial charge is 0.418 e. The molecule has 0 aromatic heterocycles. The second kappa shape index (κ2) is 10.8. The van der Waals surface area contributed by atoms with Gasteiger partial charge in [0.15, 0.2) is 0 Å². The highest BCUT2D eigenvalue weighted by Gasteiger charge is 2.21. The second-order valence-electron chi connectivity index (χ2n) is 2.89. The van der Waals surface area contributed by atoms with Gasteiger partial charge in [-0.05, 0) is 19.3 Å². The molecule has 0 aliphatic heterocycles. The van der Waals surface area contributed by atoms with Gasteiger partial charge >= 0.3 is 21.8 Å². The zero-order valence-electron chi connectivity index (χ0n) is 9.54. The molecule has 1 rings (SSSR count). The van der Waals surface area contributed by atoms with Crippen molar-refractivity contribution in [2.75, 3.05) is 0 Å². The molecule has 1 aliphatic carbocycles. The fourth-order valence-corrected chi connectivity index (χ4v) is 0.589. The minimum absolute atomic E-state index is 1.32. The highest BCUT2D eigenvalue weighted by atomic mass is 19.5. The van der Waals surface area contributed by atoms with Crippen LogP contribution in [0.1, 0.15) is 19.3 Å². The lowest BCUT2D eigenvalue weighted by Crippen LogP contribution is -2.02. The molecule has 1 aliphatic rings. The van der Waals surface area contributed by atoms with E-state index >= 15 is 0 Å². The molecule has 124 valence electrons. The third-order valence-corrected chi connectivity index (χ3v) is 0.908. The first-order valence-electron chi connectivity index (χ1n) is 4.77. The van der Waals surface area contributed by atoms with E-state index < -0.39 is 21.8 Å². The number of rotatable bonds is 0. The summed E-state index contributed by atoms with van der Waals surface area (Å²) in [5.41, 5.74) is 0. The molecule has 0 saturated heterocycles. The second-order valence-corrected chi connectivity index (χ2v) is 2.89. The lowest BCUT2D eigenvalue weighted by Gasteiger charge is -1.94. The molecule has 15 heteroatoms. The van der Waals surface area contributed by atoms with Crippen LogP contribution in [-0.2, 0) is 0 Å². The van der Waals surface area contributed by atoms with Gasteiger partial charge in [-0.15, -0.1) is 0 Å². The lowest BCUT2D eigenvalue weighted by atomic mass is 10.3. The molecule has 0 aromatic carbocycles. The van der Waals surface area contributed by atoms with Crippen molar-refractivity contribution in [3.8, 4) is 0 Å². The van der Waals surface area contributed by atoms with Crippen molar-refractivity contribution in [3.05, 3.63) is 12.2 Å². The summed E-state index contributed by atoms with van der Waals surface area (Å²) in [6.45, 7) is 0. The Bertz CT molecular complexity index is 186. The Morgan fingerprint density at radius 2 is 0.600 bits per heavy atom. The van der Waals surface area contributed by atoms with Crippen LogP contribution < -0.4 is 0 Å². The third-order valence-electron chi connectivity index (χ3n) is 0.908. The zero-order valence-corrected chi connectivity index (χ0v) is 9.54. The Morgan fingerprint density at radius 1 is 0.450 bits per heavy atom. The van der Waals surface area contributed by atoms with Crippen molar-refractivity contribution in [2.45, 2.75) is 19.3 Å². The highest BCUT2D eigenvalue weighted by molar-refractivity contribution is 6.50. The van der Waals surface area contributed by atoms with Gasteiger partial charge in [0.1, 0.15) is 0 Å². The van der Waals surface area contributed by atoms with E-state index in [0.29, 0.717) is 0 Å². The average Bonchev–Trinajstić information content (AvgIpc) is 2.45. The van der Waals surface area contributed by atoms with Crippen LogP contribution in [0.3, 0.4) is 0 Å². The van der Waals surface area contributed by atoms with Gasteiger partial charge in [0.25, 0.3) is 0 Å². The van der Waals surface area contributed by atoms with Crippen LogP contribution in [0.25, 0.3) is 0 Å². The average molecular weight is 329 g/mol. The topological polar surface area (TPSA) is 0 Å². The normalized spacial score (nSPS) is 14.2. The summed E-state index contributed by atoms with van der Waals surface area (Å²) in [6, 6.07) is 0. The molecular weight excluding hydrogens is 320 g/mol. The molecule has 0 radical (unpaired) electrons. The number of allylic oxidation sites excluding steroid dienone is 2. The van der Waals surface area contributed by atoms with Gasteiger partial charge in [-0.2, -0.15) is 0 Å². The van der Waals surface area contributed by atoms with Crippen LogP contribution in [0.5, 0.6) is 0 Å². The Hall–Kier alpha value is -0.905. The third kappa shape index (κ3) is 264. The van der Waals surface area contributed by atoms with Gasteiger partial charge in [-0.3, -0.25) is 0 Å². The molecule has 0 fully saturated rings. The maximum atomic E-state index is 9.75. The number of hydrogen-bond acceptors (Lipinski definition) is 0. The predicted octanol–water partition coefficient (Wildman–Crippen LogP) is 5.63. The van der Waals surface area contributed by atoms with Crippen molar-refractivity contribution in [3.63, 3.8) is 0 Å². The van der Waals surface area contributed by atoms with E-state index in [1.807, 2.05) is 0 Å². The summed E-state index contributed by atoms with van der Waals surface area (Å²) in [5.74, 6) is 0. The van der Waals surface area contributed by atoms with Crippen LogP contribution >= 0.6 is 0 Å². The summed E-state index contributed by atoms with van der Waals surface area (Å²) >= 11 is 0. The molecule has 0 heterocycles. The lowest BCUT2D eigenvalue weighted by molar-refractivity contribution is 0.366. The monoisotopic (exact) mass is 329 g/mol. The van der Waals surface area contributed by atoms with Crippen molar-refractivity contribution < 1.29 is 51.8 Å². The molecule has 0 N–H and O–H groups in total. The summed E-state index contributed by atoms with van der Waals surface area (Å²) in [7, 11) is -18.0. The molecular formula is C5H8B3F12-3. The summed E-state index contributed by atoms with van der Waals surface area (Å²) in [6.07, 6.45) is 8.50. The molecule has 0 saturated carbocycles. The van der Waals surface area contributed by atoms with E-state index in [-0.39, 0.29) is 0 Å². The molecule has 0 amide bonds. The summed E-state index contributed by atoms with van der Waals surface area (Å²) < 4.78 is 117. The van der Waals surface area contributed by atoms with Gasteiger partial charge in [0.2, 0.25) is 0 Å². The summed E-state index contributed by atoms with van der Waals surface area (Å²) in [5, 5.41) is 0. The van der Waals surface area contributed by atoms with E-state index in [1.165, 1.54) is 19.3 Å². The Balaban J connectivity index is -0.000000193. The van der Waals surface area contributed by atoms with Gasteiger partial charge in [0.05, 0.1) is 0 Å². The maximum absolute atomic E-state index is 9.75. The van der Waals surface area contributed by atoms with Crippen LogP contribution in [0.15, 0.2) is 12.2 Å². The first kappa shape index (κ1) is 24.1.